The Bertz CT molecular complexity index is 320. The molecule has 72 valence electrons. The van der Waals surface area contributed by atoms with Crippen molar-refractivity contribution in [3.05, 3.63) is 16.4 Å². The van der Waals surface area contributed by atoms with Crippen LogP contribution in [0.2, 0.25) is 0 Å². The highest BCUT2D eigenvalue weighted by Gasteiger charge is 2.20. The van der Waals surface area contributed by atoms with Crippen molar-refractivity contribution < 1.29 is 18.6 Å². The number of hydrogen-bond donors (Lipinski definition) is 1. The molecule has 0 unspecified atom stereocenters. The van der Waals surface area contributed by atoms with E-state index >= 15 is 0 Å². The molecular formula is C7H6BrF2NO2. The molecule has 0 radical (unpaired) electrons. The summed E-state index contributed by atoms with van der Waals surface area (Å²) >= 11 is 3.00. The van der Waals surface area contributed by atoms with E-state index in [9.17, 15) is 13.9 Å². The lowest BCUT2D eigenvalue weighted by Gasteiger charge is -2.08. The average molecular weight is 254 g/mol. The first-order valence-electron chi connectivity index (χ1n) is 3.27. The maximum absolute atomic E-state index is 12.2. The molecule has 0 aliphatic carbocycles. The Labute approximate surface area is 81.5 Å². The Morgan fingerprint density at radius 2 is 2.23 bits per heavy atom. The zero-order valence-electron chi connectivity index (χ0n) is 6.59. The van der Waals surface area contributed by atoms with Crippen molar-refractivity contribution in [1.82, 2.24) is 4.98 Å². The number of methoxy groups -OCH3 is 1. The fourth-order valence-electron chi connectivity index (χ4n) is 0.829. The molecule has 13 heavy (non-hydrogen) atoms. The highest BCUT2D eigenvalue weighted by atomic mass is 79.9. The summed E-state index contributed by atoms with van der Waals surface area (Å²) in [5.41, 5.74) is -0.681. The molecule has 0 amide bonds. The van der Waals surface area contributed by atoms with Crippen molar-refractivity contribution in [2.75, 3.05) is 7.11 Å². The molecule has 1 heterocycles. The summed E-state index contributed by atoms with van der Waals surface area (Å²) < 4.78 is 29.4. The normalized spacial score (nSPS) is 10.5. The van der Waals surface area contributed by atoms with Crippen molar-refractivity contribution in [1.29, 1.82) is 0 Å². The van der Waals surface area contributed by atoms with Crippen LogP contribution in [0.3, 0.4) is 0 Å². The minimum absolute atomic E-state index is 0.0368. The lowest BCUT2D eigenvalue weighted by atomic mass is 10.3. The van der Waals surface area contributed by atoms with Gasteiger partial charge in [0.15, 0.2) is 17.2 Å². The van der Waals surface area contributed by atoms with Crippen molar-refractivity contribution in [3.63, 3.8) is 0 Å². The maximum Gasteiger partial charge on any atom is 0.284 e. The van der Waals surface area contributed by atoms with Crippen LogP contribution in [0, 0.1) is 0 Å². The first-order chi connectivity index (χ1) is 6.07. The molecule has 1 aromatic heterocycles. The van der Waals surface area contributed by atoms with E-state index in [4.69, 9.17) is 4.74 Å². The number of hydrogen-bond acceptors (Lipinski definition) is 3. The largest absolute Gasteiger partial charge is 0.503 e. The van der Waals surface area contributed by atoms with Crippen LogP contribution in [0.1, 0.15) is 12.1 Å². The second-order valence-electron chi connectivity index (χ2n) is 2.17. The second-order valence-corrected chi connectivity index (χ2v) is 3.03. The molecule has 3 nitrogen and oxygen atoms in total. The zero-order chi connectivity index (χ0) is 10.0. The van der Waals surface area contributed by atoms with E-state index in [-0.39, 0.29) is 5.75 Å². The monoisotopic (exact) mass is 253 g/mol. The summed E-state index contributed by atoms with van der Waals surface area (Å²) in [6.07, 6.45) is -1.66. The number of aromatic hydroxyl groups is 1. The van der Waals surface area contributed by atoms with Gasteiger partial charge in [0, 0.05) is 6.20 Å². The average Bonchev–Trinajstić information content (AvgIpc) is 2.04. The maximum atomic E-state index is 12.2. The Hall–Kier alpha value is -0.910. The summed E-state index contributed by atoms with van der Waals surface area (Å²) in [6, 6.07) is 0. The Balaban J connectivity index is 3.27. The van der Waals surface area contributed by atoms with Gasteiger partial charge >= 0.3 is 0 Å². The van der Waals surface area contributed by atoms with Crippen molar-refractivity contribution in [3.8, 4) is 11.5 Å². The third kappa shape index (κ3) is 1.88. The van der Waals surface area contributed by atoms with Gasteiger partial charge in [-0.05, 0) is 15.9 Å². The van der Waals surface area contributed by atoms with E-state index in [1.54, 1.807) is 0 Å². The highest BCUT2D eigenvalue weighted by molar-refractivity contribution is 9.10. The molecule has 0 aliphatic heterocycles. The van der Waals surface area contributed by atoms with Crippen LogP contribution in [-0.2, 0) is 0 Å². The van der Waals surface area contributed by atoms with Gasteiger partial charge in [0.05, 0.1) is 11.6 Å². The van der Waals surface area contributed by atoms with E-state index in [1.165, 1.54) is 7.11 Å². The molecule has 0 saturated carbocycles. The molecule has 0 atom stereocenters. The zero-order valence-corrected chi connectivity index (χ0v) is 8.18. The quantitative estimate of drug-likeness (QED) is 0.881. The molecular weight excluding hydrogens is 248 g/mol. The molecule has 1 aromatic rings. The van der Waals surface area contributed by atoms with E-state index in [1.807, 2.05) is 0 Å². The predicted molar refractivity (Wildman–Crippen MR) is 45.1 cm³/mol. The number of ether oxygens (including phenoxy) is 1. The molecule has 1 N–H and O–H groups in total. The van der Waals surface area contributed by atoms with Gasteiger partial charge in [-0.2, -0.15) is 0 Å². The highest BCUT2D eigenvalue weighted by Crippen LogP contribution is 2.39. The smallest absolute Gasteiger partial charge is 0.284 e. The predicted octanol–water partition coefficient (Wildman–Crippen LogP) is 2.50. The van der Waals surface area contributed by atoms with E-state index in [0.29, 0.717) is 4.47 Å². The van der Waals surface area contributed by atoms with Gasteiger partial charge in [-0.25, -0.2) is 13.8 Å². The first-order valence-corrected chi connectivity index (χ1v) is 4.06. The Morgan fingerprint density at radius 3 is 2.69 bits per heavy atom. The van der Waals surface area contributed by atoms with Gasteiger partial charge in [-0.3, -0.25) is 0 Å². The Morgan fingerprint density at radius 1 is 1.62 bits per heavy atom. The molecule has 0 saturated heterocycles. The third-order valence-electron chi connectivity index (χ3n) is 1.40. The van der Waals surface area contributed by atoms with Gasteiger partial charge in [0.1, 0.15) is 0 Å². The SMILES string of the molecule is COc1c(Br)cnc(C(F)F)c1O. The van der Waals surface area contributed by atoms with Crippen LogP contribution in [0.4, 0.5) is 8.78 Å². The van der Waals surface area contributed by atoms with Crippen LogP contribution in [0.25, 0.3) is 0 Å². The van der Waals surface area contributed by atoms with Gasteiger partial charge in [-0.15, -0.1) is 0 Å². The number of aromatic nitrogens is 1. The molecule has 0 aliphatic rings. The minimum Gasteiger partial charge on any atom is -0.503 e. The van der Waals surface area contributed by atoms with Crippen molar-refractivity contribution in [2.45, 2.75) is 6.43 Å². The summed E-state index contributed by atoms with van der Waals surface area (Å²) in [6.45, 7) is 0. The topological polar surface area (TPSA) is 42.4 Å². The van der Waals surface area contributed by atoms with Crippen LogP contribution in [0.15, 0.2) is 10.7 Å². The van der Waals surface area contributed by atoms with Crippen molar-refractivity contribution in [2.24, 2.45) is 0 Å². The molecule has 0 aromatic carbocycles. The van der Waals surface area contributed by atoms with Crippen LogP contribution < -0.4 is 4.74 Å². The number of pyridine rings is 1. The van der Waals surface area contributed by atoms with Crippen LogP contribution in [-0.4, -0.2) is 17.2 Å². The molecule has 6 heteroatoms. The third-order valence-corrected chi connectivity index (χ3v) is 1.97. The second kappa shape index (κ2) is 3.87. The number of nitrogens with zero attached hydrogens (tertiary/aromatic N) is 1. The number of alkyl halides is 2. The molecule has 0 bridgehead atoms. The number of halogens is 3. The van der Waals surface area contributed by atoms with Crippen molar-refractivity contribution >= 4 is 15.9 Å². The van der Waals surface area contributed by atoms with E-state index < -0.39 is 17.9 Å². The first kappa shape index (κ1) is 10.2. The Kier molecular flexibility index (Phi) is 3.02. The fraction of sp³-hybridized carbons (Fsp3) is 0.286. The van der Waals surface area contributed by atoms with E-state index in [0.717, 1.165) is 6.20 Å². The standard InChI is InChI=1S/C7H6BrF2NO2/c1-13-6-3(8)2-11-4(5(6)12)7(9)10/h2,7,12H,1H3. The summed E-state index contributed by atoms with van der Waals surface area (Å²) in [7, 11) is 1.27. The summed E-state index contributed by atoms with van der Waals surface area (Å²) in [5, 5.41) is 9.24. The minimum atomic E-state index is -2.82. The van der Waals surface area contributed by atoms with Crippen LogP contribution >= 0.6 is 15.9 Å². The van der Waals surface area contributed by atoms with Crippen LogP contribution in [0.5, 0.6) is 11.5 Å². The molecule has 0 fully saturated rings. The van der Waals surface area contributed by atoms with Gasteiger partial charge < -0.3 is 9.84 Å². The fourth-order valence-corrected chi connectivity index (χ4v) is 1.28. The molecule has 0 spiro atoms. The summed E-state index contributed by atoms with van der Waals surface area (Å²) in [4.78, 5) is 3.36. The van der Waals surface area contributed by atoms with E-state index in [2.05, 4.69) is 20.9 Å². The number of rotatable bonds is 2. The molecule has 1 rings (SSSR count). The summed E-state index contributed by atoms with van der Waals surface area (Å²) in [5.74, 6) is -0.669. The lowest BCUT2D eigenvalue weighted by molar-refractivity contribution is 0.141. The van der Waals surface area contributed by atoms with Gasteiger partial charge in [0.25, 0.3) is 6.43 Å². The van der Waals surface area contributed by atoms with Gasteiger partial charge in [-0.1, -0.05) is 0 Å². The lowest BCUT2D eigenvalue weighted by Crippen LogP contribution is -1.94. The van der Waals surface area contributed by atoms with Gasteiger partial charge in [0.2, 0.25) is 0 Å².